The second-order valence-electron chi connectivity index (χ2n) is 19.9. The molecule has 21 heteroatoms. The lowest BCUT2D eigenvalue weighted by molar-refractivity contribution is -0.132. The zero-order chi connectivity index (χ0) is 59.2. The number of carbonyl (C=O) groups excluding carboxylic acids is 5. The van der Waals surface area contributed by atoms with E-state index in [1.807, 2.05) is 47.1 Å². The number of halogens is 1. The maximum Gasteiger partial charge on any atom is 0.242 e. The number of hydrogen-bond donors (Lipinski definition) is 6. The van der Waals surface area contributed by atoms with Gasteiger partial charge in [-0.15, -0.1) is 0 Å². The number of anilines is 2. The molecule has 2 atom stereocenters. The zero-order valence-electron chi connectivity index (χ0n) is 48.6. The van der Waals surface area contributed by atoms with Crippen LogP contribution in [0.1, 0.15) is 110 Å². The van der Waals surface area contributed by atoms with Crippen molar-refractivity contribution in [3.8, 4) is 5.75 Å². The van der Waals surface area contributed by atoms with Gasteiger partial charge in [-0.25, -0.2) is 9.38 Å². The van der Waals surface area contributed by atoms with Gasteiger partial charge in [0, 0.05) is 90.0 Å². The fraction of sp³-hybridized carbons (Fsp3) is 0.525. The van der Waals surface area contributed by atoms with Gasteiger partial charge in [-0.3, -0.25) is 24.2 Å². The Hall–Kier alpha value is -6.88. The summed E-state index contributed by atoms with van der Waals surface area (Å²) in [5.41, 5.74) is 18.7. The normalized spacial score (nSPS) is 14.6. The van der Waals surface area contributed by atoms with Crippen LogP contribution in [0.4, 0.5) is 15.8 Å². The van der Waals surface area contributed by atoms with E-state index in [0.717, 1.165) is 92.4 Å². The number of amidine groups is 1. The molecule has 6 rings (SSSR count). The molecule has 2 unspecified atom stereocenters. The molecule has 0 radical (unpaired) electrons. The third-order valence-corrected chi connectivity index (χ3v) is 13.9. The summed E-state index contributed by atoms with van der Waals surface area (Å²) >= 11 is 0. The summed E-state index contributed by atoms with van der Waals surface area (Å²) in [5.74, 6) is 0.882. The van der Waals surface area contributed by atoms with Crippen molar-refractivity contribution in [2.24, 2.45) is 16.5 Å². The number of amides is 3. The molecule has 3 heterocycles. The minimum Gasteiger partial charge on any atom is -0.494 e. The number of benzene rings is 3. The van der Waals surface area contributed by atoms with Crippen LogP contribution < -0.4 is 42.4 Å². The first-order chi connectivity index (χ1) is 39.9. The number of aryl methyl sites for hydroxylation is 2. The number of ether oxygens (including phenoxy) is 5. The molecule has 3 amide bonds. The fourth-order valence-corrected chi connectivity index (χ4v) is 9.14. The number of methoxy groups -OCH3 is 1. The molecule has 20 nitrogen and oxygen atoms in total. The SMILES string of the molecule is CCc1cccc(NC2(/C(N)=N/C(N)c3ccncc3)CCNCC2)c1.CNC(=O)C(CCC=O)NC=O.COCc1cc(N2CCN(C(=O)CCCOCCOCCOCCCCCCOc3cccc(C=O)c3)CC2)c(F)cc1C. The fourth-order valence-electron chi connectivity index (χ4n) is 9.14. The summed E-state index contributed by atoms with van der Waals surface area (Å²) in [7, 11) is 3.11. The molecule has 0 saturated carbocycles. The molecule has 450 valence electrons. The molecule has 2 aliphatic heterocycles. The highest BCUT2D eigenvalue weighted by Gasteiger charge is 2.36. The molecule has 2 saturated heterocycles. The summed E-state index contributed by atoms with van der Waals surface area (Å²) in [6.45, 7) is 12.6. The lowest BCUT2D eigenvalue weighted by Gasteiger charge is -2.39. The summed E-state index contributed by atoms with van der Waals surface area (Å²) < 4.78 is 42.3. The molecule has 4 aromatic rings. The van der Waals surface area contributed by atoms with Gasteiger partial charge in [0.15, 0.2) is 0 Å². The smallest absolute Gasteiger partial charge is 0.242 e. The molecular formula is C61H89FN10O10. The van der Waals surface area contributed by atoms with Gasteiger partial charge in [-0.05, 0) is 142 Å². The number of rotatable bonds is 34. The summed E-state index contributed by atoms with van der Waals surface area (Å²) in [4.78, 5) is 66.9. The summed E-state index contributed by atoms with van der Waals surface area (Å²) in [5, 5.41) is 11.8. The third-order valence-electron chi connectivity index (χ3n) is 13.9. The number of nitrogens with zero attached hydrogens (tertiary/aromatic N) is 4. The second-order valence-corrected chi connectivity index (χ2v) is 19.9. The Bertz CT molecular complexity index is 2510. The molecule has 0 aliphatic carbocycles. The van der Waals surface area contributed by atoms with Gasteiger partial charge in [-0.1, -0.05) is 37.6 Å². The molecule has 1 aromatic heterocycles. The number of piperazine rings is 1. The van der Waals surface area contributed by atoms with Crippen molar-refractivity contribution < 1.29 is 52.0 Å². The van der Waals surface area contributed by atoms with Crippen molar-refractivity contribution in [2.75, 3.05) is 110 Å². The van der Waals surface area contributed by atoms with Crippen molar-refractivity contribution in [3.63, 3.8) is 0 Å². The van der Waals surface area contributed by atoms with Crippen LogP contribution in [0.25, 0.3) is 0 Å². The molecule has 82 heavy (non-hydrogen) atoms. The van der Waals surface area contributed by atoms with E-state index in [0.29, 0.717) is 128 Å². The van der Waals surface area contributed by atoms with E-state index >= 15 is 0 Å². The second kappa shape index (κ2) is 39.5. The van der Waals surface area contributed by atoms with Crippen LogP contribution >= 0.6 is 0 Å². The Morgan fingerprint density at radius 2 is 1.52 bits per heavy atom. The lowest BCUT2D eigenvalue weighted by atomic mass is 9.86. The van der Waals surface area contributed by atoms with Gasteiger partial charge in [0.05, 0.1) is 50.9 Å². The molecule has 3 aromatic carbocycles. The highest BCUT2D eigenvalue weighted by molar-refractivity contribution is 5.93. The number of likely N-dealkylation sites (N-methyl/N-ethyl adjacent to an activating group) is 1. The van der Waals surface area contributed by atoms with Crippen LogP contribution in [-0.4, -0.2) is 158 Å². The number of nitrogens with one attached hydrogen (secondary N) is 4. The minimum absolute atomic E-state index is 0.112. The van der Waals surface area contributed by atoms with E-state index < -0.39 is 12.2 Å². The van der Waals surface area contributed by atoms with Gasteiger partial charge in [-0.2, -0.15) is 0 Å². The van der Waals surface area contributed by atoms with Crippen molar-refractivity contribution in [2.45, 2.75) is 109 Å². The van der Waals surface area contributed by atoms with Gasteiger partial charge >= 0.3 is 0 Å². The van der Waals surface area contributed by atoms with E-state index in [2.05, 4.69) is 62.4 Å². The van der Waals surface area contributed by atoms with Crippen LogP contribution in [-0.2, 0) is 51.2 Å². The molecule has 0 bridgehead atoms. The standard InChI is InChI=1S/C34H49FN2O7.C20H28N6.C7H12N2O3/c1-28-23-32(35)33(25-30(28)27-40-2)36-12-14-37(15-13-36)34(39)11-8-17-42-20-22-43-21-19-41-16-5-3-4-6-18-44-31-10-7-9-29(24-31)26-38;1-2-15-4-3-5-17(14-15)26-20(8-12-24-13-9-20)19(22)25-18(21)16-6-10-23-11-7-16;1-8-7(12)6(9-5-11)3-2-4-10/h7,9-10,23-26H,3-6,8,11-22,27H2,1-2H3;3-7,10-11,14,18,24,26H,2,8-9,12-13,21H2,1H3,(H2,22,25);4-6H,2-3H2,1H3,(H,8,12)(H,9,11). The van der Waals surface area contributed by atoms with Crippen LogP contribution in [0.15, 0.2) is 90.2 Å². The summed E-state index contributed by atoms with van der Waals surface area (Å²) in [6.07, 6.45) is 13.5. The number of pyridine rings is 1. The Balaban J connectivity index is 0.000000318. The summed E-state index contributed by atoms with van der Waals surface area (Å²) in [6, 6.07) is 22.2. The number of unbranched alkanes of at least 4 members (excludes halogenated alkanes) is 3. The number of aliphatic imine (C=N–C) groups is 1. The first kappa shape index (κ1) is 67.6. The highest BCUT2D eigenvalue weighted by Crippen LogP contribution is 2.28. The molecule has 0 spiro atoms. The van der Waals surface area contributed by atoms with Crippen molar-refractivity contribution in [1.82, 2.24) is 25.8 Å². The predicted molar refractivity (Wildman–Crippen MR) is 318 cm³/mol. The molecular weight excluding hydrogens is 1050 g/mol. The first-order valence-corrected chi connectivity index (χ1v) is 28.5. The number of carbonyl (C=O) groups is 5. The van der Waals surface area contributed by atoms with Crippen LogP contribution in [0, 0.1) is 12.7 Å². The monoisotopic (exact) mass is 1140 g/mol. The minimum atomic E-state index is -0.599. The maximum atomic E-state index is 14.6. The number of aldehydes is 2. The van der Waals surface area contributed by atoms with E-state index in [4.69, 9.17) is 35.2 Å². The lowest BCUT2D eigenvalue weighted by Crippen LogP contribution is -2.56. The van der Waals surface area contributed by atoms with Gasteiger partial charge < -0.3 is 71.0 Å². The Labute approximate surface area is 484 Å². The molecule has 2 aliphatic rings. The number of nitrogens with two attached hydrogens (primary N) is 2. The van der Waals surface area contributed by atoms with E-state index in [1.165, 1.54) is 12.6 Å². The Morgan fingerprint density at radius 3 is 2.17 bits per heavy atom. The zero-order valence-corrected chi connectivity index (χ0v) is 48.6. The quantitative estimate of drug-likeness (QED) is 0.0131. The first-order valence-electron chi connectivity index (χ1n) is 28.5. The van der Waals surface area contributed by atoms with E-state index in [-0.39, 0.29) is 29.6 Å². The maximum absolute atomic E-state index is 14.6. The van der Waals surface area contributed by atoms with E-state index in [9.17, 15) is 28.4 Å². The highest BCUT2D eigenvalue weighted by atomic mass is 19.1. The van der Waals surface area contributed by atoms with Crippen molar-refractivity contribution in [1.29, 1.82) is 0 Å². The molecule has 2 fully saturated rings. The van der Waals surface area contributed by atoms with Gasteiger partial charge in [0.25, 0.3) is 0 Å². The predicted octanol–water partition coefficient (Wildman–Crippen LogP) is 6.23. The third kappa shape index (κ3) is 24.7. The topological polar surface area (TPSA) is 263 Å². The largest absolute Gasteiger partial charge is 0.494 e. The number of aromatic nitrogens is 1. The Kier molecular flexibility index (Phi) is 32.6. The van der Waals surface area contributed by atoms with Crippen LogP contribution in [0.2, 0.25) is 0 Å². The number of piperidine rings is 1. The van der Waals surface area contributed by atoms with Crippen LogP contribution in [0.5, 0.6) is 5.75 Å². The number of hydrogen-bond acceptors (Lipinski definition) is 16. The van der Waals surface area contributed by atoms with Gasteiger partial charge in [0.2, 0.25) is 18.2 Å². The van der Waals surface area contributed by atoms with E-state index in [1.54, 1.807) is 37.7 Å². The van der Waals surface area contributed by atoms with Crippen molar-refractivity contribution in [3.05, 3.63) is 119 Å². The molecule has 8 N–H and O–H groups in total. The van der Waals surface area contributed by atoms with Crippen molar-refractivity contribution >= 4 is 48.0 Å². The Morgan fingerprint density at radius 1 is 0.854 bits per heavy atom. The average molecular weight is 1140 g/mol. The average Bonchev–Trinajstić information content (AvgIpc) is 3.68. The van der Waals surface area contributed by atoms with Crippen LogP contribution in [0.3, 0.4) is 0 Å². The van der Waals surface area contributed by atoms with Gasteiger partial charge in [0.1, 0.15) is 42.2 Å².